The van der Waals surface area contributed by atoms with Gasteiger partial charge in [0.2, 0.25) is 0 Å². The first kappa shape index (κ1) is 20.8. The third kappa shape index (κ3) is 3.37. The van der Waals surface area contributed by atoms with E-state index in [0.29, 0.717) is 5.69 Å². The molecule has 0 saturated heterocycles. The first-order valence-electron chi connectivity index (χ1n) is 11.5. The molecule has 4 aromatic carbocycles. The van der Waals surface area contributed by atoms with E-state index in [4.69, 9.17) is 11.0 Å². The molecule has 4 heteroatoms. The van der Waals surface area contributed by atoms with Gasteiger partial charge in [0, 0.05) is 22.4 Å². The standard InChI is InChI=1S/C31H22N3O/c1-20-9-14-25-29-26(32-2)16-15-24(23-12-10-22(11-13-23)21-7-5-4-6-8-21)30(29)35-31(25)28(20)27-17-18-33-19-34(27)3/h4-19H,1,3H3/q+1. The number of nitrogens with zero attached hydrogens (tertiary/aromatic N) is 3. The Kier molecular flexibility index (Phi) is 4.90. The minimum absolute atomic E-state index is 0.595. The molecular formula is C31H22N3O+. The summed E-state index contributed by atoms with van der Waals surface area (Å²) in [6.07, 6.45) is 3.58. The highest BCUT2D eigenvalue weighted by Crippen LogP contribution is 2.44. The molecule has 0 aliphatic rings. The van der Waals surface area contributed by atoms with Gasteiger partial charge in [0.05, 0.1) is 19.2 Å². The van der Waals surface area contributed by atoms with Crippen LogP contribution in [-0.2, 0) is 7.05 Å². The summed E-state index contributed by atoms with van der Waals surface area (Å²) < 4.78 is 8.63. The van der Waals surface area contributed by atoms with Crippen molar-refractivity contribution in [2.75, 3.05) is 0 Å². The molecule has 0 radical (unpaired) electrons. The molecule has 0 atom stereocenters. The molecule has 0 aliphatic carbocycles. The Bertz CT molecular complexity index is 1760. The number of hydrogen-bond donors (Lipinski definition) is 0. The SMILES string of the molecule is [C-]#[N+]c1ccc(-c2ccc(-c3ccccc3)cc2)c2oc3c(-c4ccnc[n+]4C)c(C)ccc3c12. The predicted octanol–water partition coefficient (Wildman–Crippen LogP) is 7.67. The van der Waals surface area contributed by atoms with E-state index in [0.717, 1.165) is 55.4 Å². The molecule has 6 aromatic rings. The highest BCUT2D eigenvalue weighted by Gasteiger charge is 2.22. The van der Waals surface area contributed by atoms with Crippen LogP contribution in [0, 0.1) is 13.5 Å². The summed E-state index contributed by atoms with van der Waals surface area (Å²) in [4.78, 5) is 8.05. The maximum Gasteiger partial charge on any atom is 0.286 e. The molecule has 0 fully saturated rings. The quantitative estimate of drug-likeness (QED) is 0.204. The van der Waals surface area contributed by atoms with E-state index in [1.54, 1.807) is 12.5 Å². The van der Waals surface area contributed by atoms with Crippen LogP contribution in [0.25, 0.3) is 60.3 Å². The van der Waals surface area contributed by atoms with Crippen LogP contribution >= 0.6 is 0 Å². The van der Waals surface area contributed by atoms with Crippen molar-refractivity contribution in [1.29, 1.82) is 0 Å². The summed E-state index contributed by atoms with van der Waals surface area (Å²) in [5, 5.41) is 1.81. The largest absolute Gasteiger partial charge is 0.456 e. The minimum Gasteiger partial charge on any atom is -0.456 e. The van der Waals surface area contributed by atoms with Crippen molar-refractivity contribution < 1.29 is 8.98 Å². The van der Waals surface area contributed by atoms with Gasteiger partial charge in [0.15, 0.2) is 5.69 Å². The van der Waals surface area contributed by atoms with E-state index in [9.17, 15) is 0 Å². The second-order valence-electron chi connectivity index (χ2n) is 8.70. The first-order valence-corrected chi connectivity index (χ1v) is 11.5. The molecule has 4 nitrogen and oxygen atoms in total. The molecule has 0 amide bonds. The van der Waals surface area contributed by atoms with Crippen LogP contribution < -0.4 is 4.57 Å². The summed E-state index contributed by atoms with van der Waals surface area (Å²) in [6, 6.07) is 28.9. The molecule has 0 spiro atoms. The molecule has 35 heavy (non-hydrogen) atoms. The molecule has 2 heterocycles. The van der Waals surface area contributed by atoms with Gasteiger partial charge in [-0.1, -0.05) is 83.8 Å². The van der Waals surface area contributed by atoms with Crippen LogP contribution in [0.15, 0.2) is 102 Å². The van der Waals surface area contributed by atoms with Crippen molar-refractivity contribution >= 4 is 27.6 Å². The van der Waals surface area contributed by atoms with Crippen molar-refractivity contribution in [3.8, 4) is 33.5 Å². The predicted molar refractivity (Wildman–Crippen MR) is 140 cm³/mol. The molecule has 166 valence electrons. The number of aryl methyl sites for hydroxylation is 2. The second kappa shape index (κ2) is 8.23. The molecule has 2 aromatic heterocycles. The summed E-state index contributed by atoms with van der Waals surface area (Å²) >= 11 is 0. The van der Waals surface area contributed by atoms with E-state index < -0.39 is 0 Å². The van der Waals surface area contributed by atoms with Gasteiger partial charge in [0.25, 0.3) is 6.33 Å². The van der Waals surface area contributed by atoms with Gasteiger partial charge in [0.1, 0.15) is 23.1 Å². The normalized spacial score (nSPS) is 11.1. The van der Waals surface area contributed by atoms with Crippen molar-refractivity contribution in [2.45, 2.75) is 6.92 Å². The lowest BCUT2D eigenvalue weighted by Gasteiger charge is -2.06. The highest BCUT2D eigenvalue weighted by atomic mass is 16.3. The monoisotopic (exact) mass is 452 g/mol. The molecule has 0 aliphatic heterocycles. The topological polar surface area (TPSA) is 34.3 Å². The van der Waals surface area contributed by atoms with Crippen molar-refractivity contribution in [1.82, 2.24) is 4.98 Å². The molecule has 6 rings (SSSR count). The lowest BCUT2D eigenvalue weighted by Crippen LogP contribution is -2.31. The van der Waals surface area contributed by atoms with E-state index in [1.165, 1.54) is 5.56 Å². The number of rotatable bonds is 3. The fourth-order valence-electron chi connectivity index (χ4n) is 4.83. The van der Waals surface area contributed by atoms with Crippen LogP contribution in [0.3, 0.4) is 0 Å². The number of fused-ring (bicyclic) bond motifs is 3. The zero-order valence-corrected chi connectivity index (χ0v) is 19.5. The summed E-state index contributed by atoms with van der Waals surface area (Å²) in [5.74, 6) is 0. The van der Waals surface area contributed by atoms with Crippen LogP contribution in [-0.4, -0.2) is 4.98 Å². The molecule has 0 N–H and O–H groups in total. The number of benzene rings is 4. The van der Waals surface area contributed by atoms with Crippen molar-refractivity contribution in [3.05, 3.63) is 114 Å². The van der Waals surface area contributed by atoms with E-state index in [-0.39, 0.29) is 0 Å². The lowest BCUT2D eigenvalue weighted by atomic mass is 9.97. The zero-order valence-electron chi connectivity index (χ0n) is 19.5. The number of aromatic nitrogens is 2. The molecular weight excluding hydrogens is 430 g/mol. The minimum atomic E-state index is 0.595. The van der Waals surface area contributed by atoms with Gasteiger partial charge >= 0.3 is 0 Å². The summed E-state index contributed by atoms with van der Waals surface area (Å²) in [6.45, 7) is 9.89. The van der Waals surface area contributed by atoms with E-state index in [1.807, 2.05) is 48.0 Å². The summed E-state index contributed by atoms with van der Waals surface area (Å²) in [7, 11) is 1.98. The van der Waals surface area contributed by atoms with Gasteiger partial charge in [-0.25, -0.2) is 9.41 Å². The Hall–Kier alpha value is -4.75. The van der Waals surface area contributed by atoms with Crippen LogP contribution in [0.2, 0.25) is 0 Å². The second-order valence-corrected chi connectivity index (χ2v) is 8.70. The average molecular weight is 453 g/mol. The molecule has 0 bridgehead atoms. The number of hydrogen-bond acceptors (Lipinski definition) is 2. The van der Waals surface area contributed by atoms with Gasteiger partial charge in [-0.2, -0.15) is 0 Å². The Labute approximate surface area is 203 Å². The smallest absolute Gasteiger partial charge is 0.286 e. The van der Waals surface area contributed by atoms with Gasteiger partial charge < -0.3 is 4.42 Å². The molecule has 0 saturated carbocycles. The fraction of sp³-hybridized carbons (Fsp3) is 0.0645. The third-order valence-corrected chi connectivity index (χ3v) is 6.59. The lowest BCUT2D eigenvalue weighted by molar-refractivity contribution is -0.663. The Morgan fingerprint density at radius 3 is 2.29 bits per heavy atom. The van der Waals surface area contributed by atoms with Gasteiger partial charge in [-0.15, -0.1) is 0 Å². The Morgan fingerprint density at radius 1 is 0.800 bits per heavy atom. The van der Waals surface area contributed by atoms with Gasteiger partial charge in [-0.3, -0.25) is 0 Å². The van der Waals surface area contributed by atoms with Crippen LogP contribution in [0.5, 0.6) is 0 Å². The number of furan rings is 1. The maximum atomic E-state index is 7.80. The third-order valence-electron chi connectivity index (χ3n) is 6.59. The van der Waals surface area contributed by atoms with Crippen molar-refractivity contribution in [3.63, 3.8) is 0 Å². The Morgan fingerprint density at radius 2 is 1.54 bits per heavy atom. The Balaban J connectivity index is 1.61. The van der Waals surface area contributed by atoms with Crippen molar-refractivity contribution in [2.24, 2.45) is 7.05 Å². The highest BCUT2D eigenvalue weighted by molar-refractivity contribution is 6.18. The van der Waals surface area contributed by atoms with Crippen LogP contribution in [0.1, 0.15) is 5.56 Å². The van der Waals surface area contributed by atoms with E-state index in [2.05, 4.69) is 65.3 Å². The summed E-state index contributed by atoms with van der Waals surface area (Å²) in [5.41, 5.74) is 9.64. The zero-order chi connectivity index (χ0) is 23.9. The van der Waals surface area contributed by atoms with E-state index >= 15 is 0 Å². The fourth-order valence-corrected chi connectivity index (χ4v) is 4.83. The molecule has 0 unspecified atom stereocenters. The first-order chi connectivity index (χ1) is 17.2. The van der Waals surface area contributed by atoms with Crippen LogP contribution in [0.4, 0.5) is 5.69 Å². The average Bonchev–Trinajstić information content (AvgIpc) is 3.29. The van der Waals surface area contributed by atoms with Gasteiger partial charge in [-0.05, 0) is 29.2 Å². The maximum absolute atomic E-state index is 7.80.